The van der Waals surface area contributed by atoms with E-state index >= 15 is 0 Å². The van der Waals surface area contributed by atoms with Gasteiger partial charge in [0, 0.05) is 30.5 Å². The molecule has 0 spiro atoms. The van der Waals surface area contributed by atoms with E-state index in [1.165, 1.54) is 0 Å². The van der Waals surface area contributed by atoms with E-state index in [0.717, 1.165) is 45.9 Å². The summed E-state index contributed by atoms with van der Waals surface area (Å²) >= 11 is 0. The molecule has 0 aliphatic rings. The van der Waals surface area contributed by atoms with Crippen molar-refractivity contribution < 1.29 is 14.3 Å². The van der Waals surface area contributed by atoms with Gasteiger partial charge in [-0.3, -0.25) is 9.89 Å². The van der Waals surface area contributed by atoms with Gasteiger partial charge in [0.15, 0.2) is 5.82 Å². The smallest absolute Gasteiger partial charge is 0.225 e. The Kier molecular flexibility index (Phi) is 5.93. The van der Waals surface area contributed by atoms with Gasteiger partial charge in [-0.1, -0.05) is 12.1 Å². The van der Waals surface area contributed by atoms with Crippen molar-refractivity contribution >= 4 is 22.6 Å². The summed E-state index contributed by atoms with van der Waals surface area (Å²) in [5.74, 6) is 2.07. The number of aromatic nitrogens is 3. The summed E-state index contributed by atoms with van der Waals surface area (Å²) in [5, 5.41) is 11.3. The third-order valence-corrected chi connectivity index (χ3v) is 5.35. The fourth-order valence-electron chi connectivity index (χ4n) is 3.70. The van der Waals surface area contributed by atoms with Gasteiger partial charge >= 0.3 is 0 Å². The highest BCUT2D eigenvalue weighted by atomic mass is 16.5. The number of rotatable bonds is 8. The summed E-state index contributed by atoms with van der Waals surface area (Å²) < 4.78 is 12.7. The summed E-state index contributed by atoms with van der Waals surface area (Å²) in [6.45, 7) is 2.90. The first-order chi connectivity index (χ1) is 15.1. The van der Waals surface area contributed by atoms with E-state index in [4.69, 9.17) is 9.47 Å². The quantitative estimate of drug-likeness (QED) is 0.437. The van der Waals surface area contributed by atoms with Gasteiger partial charge < -0.3 is 19.4 Å². The zero-order chi connectivity index (χ0) is 21.8. The van der Waals surface area contributed by atoms with Crippen molar-refractivity contribution in [3.63, 3.8) is 0 Å². The Hall–Kier alpha value is -3.74. The number of carbonyl (C=O) groups is 1. The molecule has 160 valence electrons. The number of ether oxygens (including phenoxy) is 2. The molecule has 0 saturated heterocycles. The number of amides is 1. The molecule has 2 N–H and O–H groups in total. The molecule has 1 amide bonds. The molecule has 0 bridgehead atoms. The molecule has 7 nitrogen and oxygen atoms in total. The summed E-state index contributed by atoms with van der Waals surface area (Å²) in [5.41, 5.74) is 4.04. The Morgan fingerprint density at radius 1 is 1.03 bits per heavy atom. The Balaban J connectivity index is 1.46. The number of aryl methyl sites for hydroxylation is 2. The molecule has 2 heterocycles. The van der Waals surface area contributed by atoms with E-state index in [2.05, 4.69) is 33.1 Å². The largest absolute Gasteiger partial charge is 0.497 e. The van der Waals surface area contributed by atoms with Crippen molar-refractivity contribution in [2.45, 2.75) is 26.3 Å². The van der Waals surface area contributed by atoms with Crippen LogP contribution < -0.4 is 14.8 Å². The molecule has 31 heavy (non-hydrogen) atoms. The number of hydrogen-bond donors (Lipinski definition) is 2. The number of nitrogens with zero attached hydrogens (tertiary/aromatic N) is 2. The van der Waals surface area contributed by atoms with Crippen LogP contribution in [-0.2, 0) is 17.8 Å². The molecule has 4 rings (SSSR count). The van der Waals surface area contributed by atoms with Gasteiger partial charge in [0.1, 0.15) is 11.5 Å². The lowest BCUT2D eigenvalue weighted by Crippen LogP contribution is -2.12. The molecular formula is C24H26N4O3. The molecular weight excluding hydrogens is 392 g/mol. The topological polar surface area (TPSA) is 81.2 Å². The van der Waals surface area contributed by atoms with Crippen LogP contribution in [0.25, 0.3) is 22.3 Å². The van der Waals surface area contributed by atoms with Gasteiger partial charge in [-0.2, -0.15) is 5.10 Å². The summed E-state index contributed by atoms with van der Waals surface area (Å²) in [7, 11) is 3.30. The minimum absolute atomic E-state index is 0.0744. The van der Waals surface area contributed by atoms with Gasteiger partial charge in [0.2, 0.25) is 5.91 Å². The van der Waals surface area contributed by atoms with E-state index in [-0.39, 0.29) is 5.91 Å². The number of carbonyl (C=O) groups excluding carboxylic acids is 1. The van der Waals surface area contributed by atoms with Gasteiger partial charge in [-0.05, 0) is 49.2 Å². The zero-order valence-corrected chi connectivity index (χ0v) is 17.9. The maximum absolute atomic E-state index is 12.4. The Morgan fingerprint density at radius 3 is 2.48 bits per heavy atom. The molecule has 0 radical (unpaired) electrons. The lowest BCUT2D eigenvalue weighted by Gasteiger charge is -2.07. The van der Waals surface area contributed by atoms with Crippen LogP contribution >= 0.6 is 0 Å². The van der Waals surface area contributed by atoms with Crippen LogP contribution in [0.3, 0.4) is 0 Å². The number of hydrogen-bond acceptors (Lipinski definition) is 4. The molecule has 2 aromatic carbocycles. The first kappa shape index (κ1) is 20.5. The third-order valence-electron chi connectivity index (χ3n) is 5.35. The molecule has 7 heteroatoms. The van der Waals surface area contributed by atoms with E-state index in [9.17, 15) is 4.79 Å². The first-order valence-corrected chi connectivity index (χ1v) is 10.3. The van der Waals surface area contributed by atoms with Crippen LogP contribution in [0.4, 0.5) is 5.82 Å². The third kappa shape index (κ3) is 4.40. The van der Waals surface area contributed by atoms with Crippen LogP contribution in [0.15, 0.2) is 54.6 Å². The standard InChI is InChI=1S/C24H26N4O3/c1-4-28-21-14-19(31-3)11-8-17(21)13-22(28)20-15-23(27-26-20)25-24(29)12-7-16-5-9-18(30-2)10-6-16/h5-6,8-11,13-15H,4,7,12H2,1-3H3,(H2,25,26,27,29). The average molecular weight is 418 g/mol. The van der Waals surface area contributed by atoms with Gasteiger partial charge in [-0.15, -0.1) is 0 Å². The summed E-state index contributed by atoms with van der Waals surface area (Å²) in [6.07, 6.45) is 1.03. The number of H-pyrrole nitrogens is 1. The van der Waals surface area contributed by atoms with Crippen LogP contribution in [-0.4, -0.2) is 34.9 Å². The van der Waals surface area contributed by atoms with Gasteiger partial charge in [0.25, 0.3) is 0 Å². The van der Waals surface area contributed by atoms with Crippen LogP contribution in [0.1, 0.15) is 18.9 Å². The molecule has 0 aliphatic heterocycles. The predicted octanol–water partition coefficient (Wildman–Crippen LogP) is 4.64. The lowest BCUT2D eigenvalue weighted by atomic mass is 10.1. The van der Waals surface area contributed by atoms with E-state index in [1.807, 2.05) is 48.5 Å². The number of benzene rings is 2. The maximum Gasteiger partial charge on any atom is 0.225 e. The Morgan fingerprint density at radius 2 is 1.77 bits per heavy atom. The van der Waals surface area contributed by atoms with Crippen LogP contribution in [0, 0.1) is 0 Å². The molecule has 0 unspecified atom stereocenters. The van der Waals surface area contributed by atoms with Crippen molar-refractivity contribution in [1.29, 1.82) is 0 Å². The van der Waals surface area contributed by atoms with Crippen LogP contribution in [0.2, 0.25) is 0 Å². The molecule has 0 saturated carbocycles. The van der Waals surface area contributed by atoms with Gasteiger partial charge in [0.05, 0.1) is 31.1 Å². The highest BCUT2D eigenvalue weighted by molar-refractivity contribution is 5.91. The maximum atomic E-state index is 12.4. The number of fused-ring (bicyclic) bond motifs is 1. The average Bonchev–Trinajstić information content (AvgIpc) is 3.41. The monoisotopic (exact) mass is 418 g/mol. The number of anilines is 1. The second-order valence-electron chi connectivity index (χ2n) is 7.26. The highest BCUT2D eigenvalue weighted by Gasteiger charge is 2.14. The van der Waals surface area contributed by atoms with Crippen molar-refractivity contribution in [2.75, 3.05) is 19.5 Å². The molecule has 4 aromatic rings. The summed E-state index contributed by atoms with van der Waals surface area (Å²) in [6, 6.07) is 17.7. The summed E-state index contributed by atoms with van der Waals surface area (Å²) in [4.78, 5) is 12.4. The highest BCUT2D eigenvalue weighted by Crippen LogP contribution is 2.30. The van der Waals surface area contributed by atoms with E-state index < -0.39 is 0 Å². The number of aromatic amines is 1. The van der Waals surface area contributed by atoms with Gasteiger partial charge in [-0.25, -0.2) is 0 Å². The normalized spacial score (nSPS) is 10.9. The molecule has 0 aliphatic carbocycles. The Bertz CT molecular complexity index is 1190. The van der Waals surface area contributed by atoms with Crippen molar-refractivity contribution in [3.05, 3.63) is 60.2 Å². The van der Waals surface area contributed by atoms with Crippen molar-refractivity contribution in [3.8, 4) is 22.9 Å². The second-order valence-corrected chi connectivity index (χ2v) is 7.26. The predicted molar refractivity (Wildman–Crippen MR) is 122 cm³/mol. The molecule has 0 atom stereocenters. The minimum atomic E-state index is -0.0744. The SMILES string of the molecule is CCn1c(-c2cc(NC(=O)CCc3ccc(OC)cc3)n[nH]2)cc2ccc(OC)cc21. The number of nitrogens with one attached hydrogen (secondary N) is 2. The van der Waals surface area contributed by atoms with E-state index in [0.29, 0.717) is 18.7 Å². The zero-order valence-electron chi connectivity index (χ0n) is 17.9. The van der Waals surface area contributed by atoms with Crippen molar-refractivity contribution in [2.24, 2.45) is 0 Å². The van der Waals surface area contributed by atoms with Crippen molar-refractivity contribution in [1.82, 2.24) is 14.8 Å². The first-order valence-electron chi connectivity index (χ1n) is 10.3. The van der Waals surface area contributed by atoms with E-state index in [1.54, 1.807) is 14.2 Å². The Labute approximate surface area is 181 Å². The lowest BCUT2D eigenvalue weighted by molar-refractivity contribution is -0.116. The van der Waals surface area contributed by atoms with Crippen LogP contribution in [0.5, 0.6) is 11.5 Å². The molecule has 0 fully saturated rings. The fraction of sp³-hybridized carbons (Fsp3) is 0.250. The second kappa shape index (κ2) is 8.95. The number of methoxy groups -OCH3 is 2. The molecule has 2 aromatic heterocycles. The fourth-order valence-corrected chi connectivity index (χ4v) is 3.70. The minimum Gasteiger partial charge on any atom is -0.497 e.